The van der Waals surface area contributed by atoms with Gasteiger partial charge in [0.05, 0.1) is 17.4 Å². The quantitative estimate of drug-likeness (QED) is 0.825. The van der Waals surface area contributed by atoms with E-state index < -0.39 is 0 Å². The molecule has 0 bridgehead atoms. The average Bonchev–Trinajstić information content (AvgIpc) is 2.96. The molecule has 1 aliphatic rings. The van der Waals surface area contributed by atoms with Crippen molar-refractivity contribution in [1.82, 2.24) is 9.78 Å². The van der Waals surface area contributed by atoms with Crippen molar-refractivity contribution in [2.24, 2.45) is 5.73 Å². The molecule has 2 atom stereocenters. The summed E-state index contributed by atoms with van der Waals surface area (Å²) in [4.78, 5) is 0. The lowest BCUT2D eigenvalue weighted by molar-refractivity contribution is 0.561. The third kappa shape index (κ3) is 2.07. The highest BCUT2D eigenvalue weighted by Crippen LogP contribution is 2.37. The molecule has 1 heterocycles. The third-order valence-electron chi connectivity index (χ3n) is 3.26. The Kier molecular flexibility index (Phi) is 2.83. The van der Waals surface area contributed by atoms with Crippen LogP contribution in [0.3, 0.4) is 0 Å². The molecular formula is C12H21N3. The first-order chi connectivity index (χ1) is 7.13. The van der Waals surface area contributed by atoms with Crippen LogP contribution in [0.25, 0.3) is 0 Å². The summed E-state index contributed by atoms with van der Waals surface area (Å²) in [5.41, 5.74) is 8.38. The Morgan fingerprint density at radius 3 is 2.67 bits per heavy atom. The van der Waals surface area contributed by atoms with Crippen molar-refractivity contribution in [1.29, 1.82) is 0 Å². The van der Waals surface area contributed by atoms with Gasteiger partial charge in [0.1, 0.15) is 0 Å². The minimum atomic E-state index is 0.0934. The maximum Gasteiger partial charge on any atom is 0.0656 e. The second-order valence-electron chi connectivity index (χ2n) is 4.77. The minimum absolute atomic E-state index is 0.0934. The Morgan fingerprint density at radius 1 is 1.53 bits per heavy atom. The van der Waals surface area contributed by atoms with Gasteiger partial charge in [0.25, 0.3) is 0 Å². The lowest BCUT2D eigenvalue weighted by Gasteiger charge is -2.07. The van der Waals surface area contributed by atoms with Gasteiger partial charge in [-0.25, -0.2) is 0 Å². The summed E-state index contributed by atoms with van der Waals surface area (Å²) in [7, 11) is 0. The molecule has 0 aromatic carbocycles. The summed E-state index contributed by atoms with van der Waals surface area (Å²) in [6.07, 6.45) is 3.67. The molecule has 0 saturated heterocycles. The van der Waals surface area contributed by atoms with Crippen LogP contribution in [-0.2, 0) is 0 Å². The normalized spacial score (nSPS) is 20.3. The van der Waals surface area contributed by atoms with Gasteiger partial charge in [-0.2, -0.15) is 5.10 Å². The molecule has 1 aromatic heterocycles. The van der Waals surface area contributed by atoms with Crippen LogP contribution in [0.4, 0.5) is 0 Å². The van der Waals surface area contributed by atoms with E-state index in [-0.39, 0.29) is 6.04 Å². The summed E-state index contributed by atoms with van der Waals surface area (Å²) >= 11 is 0. The van der Waals surface area contributed by atoms with Gasteiger partial charge < -0.3 is 5.73 Å². The number of hydrogen-bond donors (Lipinski definition) is 1. The predicted octanol–water partition coefficient (Wildman–Crippen LogP) is 2.75. The molecule has 0 spiro atoms. The third-order valence-corrected chi connectivity index (χ3v) is 3.26. The Labute approximate surface area is 91.7 Å². The van der Waals surface area contributed by atoms with Crippen molar-refractivity contribution >= 4 is 0 Å². The SMILES string of the molecule is CCC(C)c1cc(C(C)N)n(C2CC2)n1. The smallest absolute Gasteiger partial charge is 0.0656 e. The molecule has 15 heavy (non-hydrogen) atoms. The zero-order valence-corrected chi connectivity index (χ0v) is 9.90. The maximum absolute atomic E-state index is 5.97. The molecule has 2 N–H and O–H groups in total. The summed E-state index contributed by atoms with van der Waals surface area (Å²) < 4.78 is 2.16. The Bertz CT molecular complexity index is 317. The molecule has 2 rings (SSSR count). The highest BCUT2D eigenvalue weighted by atomic mass is 15.3. The fourth-order valence-corrected chi connectivity index (χ4v) is 1.83. The number of nitrogens with zero attached hydrogens (tertiary/aromatic N) is 2. The molecule has 3 heteroatoms. The van der Waals surface area contributed by atoms with Crippen LogP contribution in [0.15, 0.2) is 6.07 Å². The van der Waals surface area contributed by atoms with Crippen LogP contribution in [0, 0.1) is 0 Å². The van der Waals surface area contributed by atoms with Gasteiger partial charge >= 0.3 is 0 Å². The standard InChI is InChI=1S/C12H21N3/c1-4-8(2)11-7-12(9(3)13)15(14-11)10-5-6-10/h7-10H,4-6,13H2,1-3H3. The van der Waals surface area contributed by atoms with Crippen LogP contribution in [0.1, 0.15) is 69.4 Å². The Balaban J connectivity index is 2.31. The molecular weight excluding hydrogens is 186 g/mol. The fourth-order valence-electron chi connectivity index (χ4n) is 1.83. The van der Waals surface area contributed by atoms with Crippen molar-refractivity contribution in [2.45, 2.75) is 58.0 Å². The van der Waals surface area contributed by atoms with Crippen LogP contribution >= 0.6 is 0 Å². The lowest BCUT2D eigenvalue weighted by atomic mass is 10.0. The first-order valence-corrected chi connectivity index (χ1v) is 5.98. The largest absolute Gasteiger partial charge is 0.323 e. The van der Waals surface area contributed by atoms with E-state index in [1.54, 1.807) is 0 Å². The van der Waals surface area contributed by atoms with E-state index >= 15 is 0 Å². The highest BCUT2D eigenvalue weighted by Gasteiger charge is 2.28. The van der Waals surface area contributed by atoms with Crippen molar-refractivity contribution in [3.8, 4) is 0 Å². The first-order valence-electron chi connectivity index (χ1n) is 5.98. The number of hydrogen-bond acceptors (Lipinski definition) is 2. The highest BCUT2D eigenvalue weighted by molar-refractivity contribution is 5.18. The Morgan fingerprint density at radius 2 is 2.20 bits per heavy atom. The second kappa shape index (κ2) is 3.97. The van der Waals surface area contributed by atoms with Crippen molar-refractivity contribution in [3.05, 3.63) is 17.5 Å². The first kappa shape index (κ1) is 10.7. The van der Waals surface area contributed by atoms with Crippen LogP contribution in [-0.4, -0.2) is 9.78 Å². The van der Waals surface area contributed by atoms with E-state index in [1.165, 1.54) is 24.2 Å². The molecule has 1 aliphatic carbocycles. The summed E-state index contributed by atoms with van der Waals surface area (Å²) in [6.45, 7) is 6.47. The molecule has 84 valence electrons. The molecule has 2 unspecified atom stereocenters. The topological polar surface area (TPSA) is 43.8 Å². The minimum Gasteiger partial charge on any atom is -0.323 e. The van der Waals surface area contributed by atoms with Crippen molar-refractivity contribution in [3.63, 3.8) is 0 Å². The molecule has 1 saturated carbocycles. The van der Waals surface area contributed by atoms with Gasteiger partial charge in [-0.05, 0) is 38.2 Å². The molecule has 3 nitrogen and oxygen atoms in total. The molecule has 1 aromatic rings. The summed E-state index contributed by atoms with van der Waals surface area (Å²) in [5.74, 6) is 0.544. The monoisotopic (exact) mass is 207 g/mol. The predicted molar refractivity (Wildman–Crippen MR) is 61.8 cm³/mol. The van der Waals surface area contributed by atoms with Gasteiger partial charge in [-0.15, -0.1) is 0 Å². The maximum atomic E-state index is 5.97. The van der Waals surface area contributed by atoms with Crippen LogP contribution < -0.4 is 5.73 Å². The zero-order valence-electron chi connectivity index (χ0n) is 9.90. The van der Waals surface area contributed by atoms with Crippen LogP contribution in [0.2, 0.25) is 0 Å². The molecule has 0 aliphatic heterocycles. The van der Waals surface area contributed by atoms with E-state index in [0.29, 0.717) is 12.0 Å². The van der Waals surface area contributed by atoms with Gasteiger partial charge in [0.2, 0.25) is 0 Å². The molecule has 1 fully saturated rings. The van der Waals surface area contributed by atoms with Crippen LogP contribution in [0.5, 0.6) is 0 Å². The number of nitrogens with two attached hydrogens (primary N) is 1. The molecule has 0 radical (unpaired) electrons. The van der Waals surface area contributed by atoms with Gasteiger partial charge in [0, 0.05) is 6.04 Å². The van der Waals surface area contributed by atoms with E-state index in [1.807, 2.05) is 6.92 Å². The van der Waals surface area contributed by atoms with Gasteiger partial charge in [-0.3, -0.25) is 4.68 Å². The number of rotatable bonds is 4. The van der Waals surface area contributed by atoms with E-state index in [9.17, 15) is 0 Å². The summed E-state index contributed by atoms with van der Waals surface area (Å²) in [6, 6.07) is 2.91. The van der Waals surface area contributed by atoms with E-state index in [2.05, 4.69) is 24.6 Å². The zero-order chi connectivity index (χ0) is 11.0. The lowest BCUT2D eigenvalue weighted by Crippen LogP contribution is -2.12. The number of aromatic nitrogens is 2. The van der Waals surface area contributed by atoms with E-state index in [0.717, 1.165) is 6.42 Å². The van der Waals surface area contributed by atoms with Gasteiger partial charge in [-0.1, -0.05) is 13.8 Å². The average molecular weight is 207 g/mol. The molecule has 0 amide bonds. The second-order valence-corrected chi connectivity index (χ2v) is 4.77. The summed E-state index contributed by atoms with van der Waals surface area (Å²) in [5, 5.41) is 4.70. The fraction of sp³-hybridized carbons (Fsp3) is 0.750. The van der Waals surface area contributed by atoms with Crippen molar-refractivity contribution in [2.75, 3.05) is 0 Å². The van der Waals surface area contributed by atoms with E-state index in [4.69, 9.17) is 10.8 Å². The van der Waals surface area contributed by atoms with Crippen molar-refractivity contribution < 1.29 is 0 Å². The van der Waals surface area contributed by atoms with Gasteiger partial charge in [0.15, 0.2) is 0 Å². The Hall–Kier alpha value is -0.830.